The fourth-order valence-electron chi connectivity index (χ4n) is 3.19. The predicted octanol–water partition coefficient (Wildman–Crippen LogP) is 7.57. The second-order valence-electron chi connectivity index (χ2n) is 6.72. The third-order valence-corrected chi connectivity index (χ3v) is 5.44. The molecule has 0 fully saturated rings. The number of rotatable bonds is 7. The molecule has 0 radical (unpaired) electrons. The summed E-state index contributed by atoms with van der Waals surface area (Å²) in [6.45, 7) is 4.04. The van der Waals surface area contributed by atoms with Crippen molar-refractivity contribution < 1.29 is 4.79 Å². The van der Waals surface area contributed by atoms with Gasteiger partial charge in [-0.15, -0.1) is 0 Å². The van der Waals surface area contributed by atoms with E-state index in [2.05, 4.69) is 12.0 Å². The summed E-state index contributed by atoms with van der Waals surface area (Å²) >= 11 is 18.5. The third-order valence-electron chi connectivity index (χ3n) is 4.65. The number of hydrogen-bond donors (Lipinski definition) is 0. The Balaban J connectivity index is 2.15. The van der Waals surface area contributed by atoms with E-state index in [0.29, 0.717) is 32.9 Å². The maximum absolute atomic E-state index is 12.8. The smallest absolute Gasteiger partial charge is 0.183 e. The molecule has 0 unspecified atom stereocenters. The number of halogens is 3. The van der Waals surface area contributed by atoms with Gasteiger partial charge in [-0.2, -0.15) is 5.10 Å². The van der Waals surface area contributed by atoms with Crippen LogP contribution in [-0.2, 0) is 0 Å². The van der Waals surface area contributed by atoms with Crippen LogP contribution in [0.15, 0.2) is 42.5 Å². The molecule has 3 nitrogen and oxygen atoms in total. The molecule has 0 bridgehead atoms. The maximum Gasteiger partial charge on any atom is 0.183 e. The quantitative estimate of drug-likeness (QED) is 0.283. The Hall–Kier alpha value is -1.81. The van der Waals surface area contributed by atoms with Crippen molar-refractivity contribution in [1.82, 2.24) is 9.78 Å². The van der Waals surface area contributed by atoms with Crippen LogP contribution in [0.4, 0.5) is 0 Å². The molecular weight excluding hydrogens is 415 g/mol. The normalized spacial score (nSPS) is 11.0. The summed E-state index contributed by atoms with van der Waals surface area (Å²) < 4.78 is 1.73. The molecule has 0 spiro atoms. The molecule has 1 aromatic heterocycles. The minimum atomic E-state index is 0.0463. The van der Waals surface area contributed by atoms with Crippen LogP contribution in [0.2, 0.25) is 15.1 Å². The van der Waals surface area contributed by atoms with Crippen molar-refractivity contribution in [3.63, 3.8) is 0 Å². The summed E-state index contributed by atoms with van der Waals surface area (Å²) in [7, 11) is 0. The molecule has 0 N–H and O–H groups in total. The number of unbranched alkanes of at least 4 members (excludes halogenated alkanes) is 2. The first kappa shape index (κ1) is 20.9. The van der Waals surface area contributed by atoms with Crippen LogP contribution in [0.1, 0.15) is 48.7 Å². The lowest BCUT2D eigenvalue weighted by Gasteiger charge is -2.11. The Labute approximate surface area is 180 Å². The van der Waals surface area contributed by atoms with Gasteiger partial charge in [0.15, 0.2) is 5.78 Å². The molecule has 3 rings (SSSR count). The fourth-order valence-corrected chi connectivity index (χ4v) is 3.80. The minimum Gasteiger partial charge on any atom is -0.292 e. The Bertz CT molecular complexity index is 994. The monoisotopic (exact) mass is 434 g/mol. The van der Waals surface area contributed by atoms with Crippen LogP contribution in [0.3, 0.4) is 0 Å². The largest absolute Gasteiger partial charge is 0.292 e. The predicted molar refractivity (Wildman–Crippen MR) is 117 cm³/mol. The SMILES string of the molecule is CCCCCC(=O)c1nn(-c2ccc(Cl)cc2Cl)c(-c2ccc(Cl)cc2)c1C. The van der Waals surface area contributed by atoms with Crippen LogP contribution in [0.25, 0.3) is 16.9 Å². The van der Waals surface area contributed by atoms with Gasteiger partial charge in [-0.05, 0) is 43.7 Å². The lowest BCUT2D eigenvalue weighted by Crippen LogP contribution is -2.04. The lowest BCUT2D eigenvalue weighted by atomic mass is 10.0. The number of benzene rings is 2. The molecule has 1 heterocycles. The molecule has 0 amide bonds. The third kappa shape index (κ3) is 4.43. The van der Waals surface area contributed by atoms with Crippen molar-refractivity contribution in [2.45, 2.75) is 39.5 Å². The van der Waals surface area contributed by atoms with E-state index < -0.39 is 0 Å². The van der Waals surface area contributed by atoms with Gasteiger partial charge in [0.1, 0.15) is 5.69 Å². The first-order valence-corrected chi connectivity index (χ1v) is 10.4. The molecule has 3 aromatic rings. The van der Waals surface area contributed by atoms with Crippen molar-refractivity contribution >= 4 is 40.6 Å². The number of ketones is 1. The van der Waals surface area contributed by atoms with Crippen molar-refractivity contribution in [2.24, 2.45) is 0 Å². The highest BCUT2D eigenvalue weighted by Crippen LogP contribution is 2.33. The van der Waals surface area contributed by atoms with Gasteiger partial charge in [-0.25, -0.2) is 4.68 Å². The highest BCUT2D eigenvalue weighted by atomic mass is 35.5. The molecule has 0 aliphatic rings. The van der Waals surface area contributed by atoms with Gasteiger partial charge in [0, 0.05) is 27.6 Å². The van der Waals surface area contributed by atoms with Gasteiger partial charge in [0.25, 0.3) is 0 Å². The van der Waals surface area contributed by atoms with Crippen LogP contribution >= 0.6 is 34.8 Å². The van der Waals surface area contributed by atoms with E-state index in [1.807, 2.05) is 37.3 Å². The second-order valence-corrected chi connectivity index (χ2v) is 8.00. The summed E-state index contributed by atoms with van der Waals surface area (Å²) in [6.07, 6.45) is 3.44. The number of carbonyl (C=O) groups is 1. The number of Topliss-reactive ketones (excluding diaryl/α,β-unsaturated/α-hetero) is 1. The topological polar surface area (TPSA) is 34.9 Å². The van der Waals surface area contributed by atoms with Crippen molar-refractivity contribution in [3.8, 4) is 16.9 Å². The van der Waals surface area contributed by atoms with E-state index in [1.165, 1.54) is 0 Å². The minimum absolute atomic E-state index is 0.0463. The van der Waals surface area contributed by atoms with E-state index in [1.54, 1.807) is 16.8 Å². The van der Waals surface area contributed by atoms with E-state index in [0.717, 1.165) is 36.1 Å². The number of hydrogen-bond acceptors (Lipinski definition) is 2. The van der Waals surface area contributed by atoms with Crippen molar-refractivity contribution in [2.75, 3.05) is 0 Å². The summed E-state index contributed by atoms with van der Waals surface area (Å²) in [4.78, 5) is 12.8. The van der Waals surface area contributed by atoms with Gasteiger partial charge in [-0.3, -0.25) is 4.79 Å². The molecule has 2 aromatic carbocycles. The van der Waals surface area contributed by atoms with Gasteiger partial charge in [0.2, 0.25) is 0 Å². The van der Waals surface area contributed by atoms with Gasteiger partial charge >= 0.3 is 0 Å². The average molecular weight is 436 g/mol. The molecule has 0 atom stereocenters. The molecule has 28 heavy (non-hydrogen) atoms. The van der Waals surface area contributed by atoms with E-state index in [4.69, 9.17) is 34.8 Å². The summed E-state index contributed by atoms with van der Waals surface area (Å²) in [5.41, 5.74) is 3.71. The van der Waals surface area contributed by atoms with Crippen molar-refractivity contribution in [1.29, 1.82) is 0 Å². The van der Waals surface area contributed by atoms with E-state index in [-0.39, 0.29) is 5.78 Å². The zero-order valence-corrected chi connectivity index (χ0v) is 18.1. The molecule has 0 aliphatic heterocycles. The Kier molecular flexibility index (Phi) is 6.82. The summed E-state index contributed by atoms with van der Waals surface area (Å²) in [5, 5.41) is 6.31. The maximum atomic E-state index is 12.8. The van der Waals surface area contributed by atoms with Gasteiger partial charge in [0.05, 0.1) is 16.4 Å². The summed E-state index contributed by atoms with van der Waals surface area (Å²) in [6, 6.07) is 12.7. The molecule has 146 valence electrons. The molecule has 0 aliphatic carbocycles. The number of aromatic nitrogens is 2. The molecule has 0 saturated heterocycles. The molecular formula is C22H21Cl3N2O. The van der Waals surface area contributed by atoms with E-state index in [9.17, 15) is 4.79 Å². The van der Waals surface area contributed by atoms with E-state index >= 15 is 0 Å². The van der Waals surface area contributed by atoms with Crippen LogP contribution in [0.5, 0.6) is 0 Å². The first-order valence-electron chi connectivity index (χ1n) is 9.26. The molecule has 6 heteroatoms. The Morgan fingerprint density at radius 3 is 2.32 bits per heavy atom. The standard InChI is InChI=1S/C22H21Cl3N2O/c1-3-4-5-6-20(28)21-14(2)22(15-7-9-16(23)10-8-15)27(26-21)19-12-11-17(24)13-18(19)25/h7-13H,3-6H2,1-2H3. The fraction of sp³-hybridized carbons (Fsp3) is 0.273. The zero-order chi connectivity index (χ0) is 20.3. The average Bonchev–Trinajstić information content (AvgIpc) is 3.00. The Morgan fingerprint density at radius 2 is 1.68 bits per heavy atom. The highest BCUT2D eigenvalue weighted by Gasteiger charge is 2.22. The van der Waals surface area contributed by atoms with Crippen LogP contribution < -0.4 is 0 Å². The highest BCUT2D eigenvalue weighted by molar-refractivity contribution is 6.35. The number of carbonyl (C=O) groups excluding carboxylic acids is 1. The molecule has 0 saturated carbocycles. The van der Waals surface area contributed by atoms with Crippen LogP contribution in [-0.4, -0.2) is 15.6 Å². The number of nitrogens with zero attached hydrogens (tertiary/aromatic N) is 2. The van der Waals surface area contributed by atoms with Crippen molar-refractivity contribution in [3.05, 3.63) is 68.8 Å². The second kappa shape index (κ2) is 9.13. The van der Waals surface area contributed by atoms with Crippen LogP contribution in [0, 0.1) is 6.92 Å². The summed E-state index contributed by atoms with van der Waals surface area (Å²) in [5.74, 6) is 0.0463. The lowest BCUT2D eigenvalue weighted by molar-refractivity contribution is 0.0973. The zero-order valence-electron chi connectivity index (χ0n) is 15.8. The Morgan fingerprint density at radius 1 is 1.00 bits per heavy atom. The first-order chi connectivity index (χ1) is 13.4. The van der Waals surface area contributed by atoms with Gasteiger partial charge in [-0.1, -0.05) is 66.7 Å². The van der Waals surface area contributed by atoms with Gasteiger partial charge < -0.3 is 0 Å².